The van der Waals surface area contributed by atoms with Crippen molar-refractivity contribution in [3.8, 4) is 0 Å². The predicted octanol–water partition coefficient (Wildman–Crippen LogP) is 2.74. The van der Waals surface area contributed by atoms with E-state index in [1.54, 1.807) is 6.07 Å². The summed E-state index contributed by atoms with van der Waals surface area (Å²) in [7, 11) is -3.86. The van der Waals surface area contributed by atoms with Crippen LogP contribution in [0.2, 0.25) is 0 Å². The van der Waals surface area contributed by atoms with Crippen molar-refractivity contribution in [2.75, 3.05) is 15.4 Å². The second-order valence-corrected chi connectivity index (χ2v) is 8.48. The molecular weight excluding hydrogens is 480 g/mol. The molecular formula is C18H15F2N7O2S3. The molecule has 0 aliphatic heterocycles. The Labute approximate surface area is 192 Å². The van der Waals surface area contributed by atoms with E-state index < -0.39 is 21.7 Å². The lowest BCUT2D eigenvalue weighted by molar-refractivity contribution is 0.586. The summed E-state index contributed by atoms with van der Waals surface area (Å²) in [5.41, 5.74) is 5.60. The van der Waals surface area contributed by atoms with Crippen LogP contribution in [0.3, 0.4) is 0 Å². The van der Waals surface area contributed by atoms with E-state index in [9.17, 15) is 17.2 Å². The number of sulfonamides is 1. The fraction of sp³-hybridized carbons (Fsp3) is 0. The van der Waals surface area contributed by atoms with Crippen LogP contribution in [-0.4, -0.2) is 28.6 Å². The Balaban J connectivity index is 1.51. The lowest BCUT2D eigenvalue weighted by Gasteiger charge is -2.15. The first-order valence-electron chi connectivity index (χ1n) is 8.72. The summed E-state index contributed by atoms with van der Waals surface area (Å²) in [6, 6.07) is 10.3. The molecule has 0 aliphatic rings. The van der Waals surface area contributed by atoms with Crippen LogP contribution in [0, 0.1) is 11.6 Å². The number of halogens is 2. The minimum atomic E-state index is -3.86. The van der Waals surface area contributed by atoms with Gasteiger partial charge in [0.15, 0.2) is 10.2 Å². The Morgan fingerprint density at radius 3 is 2.12 bits per heavy atom. The van der Waals surface area contributed by atoms with E-state index in [2.05, 4.69) is 36.2 Å². The molecule has 0 saturated heterocycles. The molecule has 0 bridgehead atoms. The summed E-state index contributed by atoms with van der Waals surface area (Å²) in [5.74, 6) is -1.56. The van der Waals surface area contributed by atoms with Crippen LogP contribution in [0.5, 0.6) is 0 Å². The van der Waals surface area contributed by atoms with Crippen molar-refractivity contribution in [3.63, 3.8) is 0 Å². The largest absolute Gasteiger partial charge is 0.331 e. The molecule has 0 amide bonds. The fourth-order valence-electron chi connectivity index (χ4n) is 2.27. The third-order valence-corrected chi connectivity index (χ3v) is 5.44. The SMILES string of the molecule is O=S(=O)(Nc1ncccn1)c1ccc(NC(=S)NNC(=S)Nc2ccc(F)cc2F)cc1. The van der Waals surface area contributed by atoms with Gasteiger partial charge < -0.3 is 10.6 Å². The Bertz CT molecular complexity index is 1230. The maximum absolute atomic E-state index is 13.6. The molecule has 14 heteroatoms. The molecule has 0 fully saturated rings. The zero-order chi connectivity index (χ0) is 23.1. The first-order chi connectivity index (χ1) is 15.2. The first-order valence-corrected chi connectivity index (χ1v) is 11.0. The van der Waals surface area contributed by atoms with Crippen LogP contribution in [0.25, 0.3) is 0 Å². The molecule has 5 N–H and O–H groups in total. The van der Waals surface area contributed by atoms with E-state index in [0.717, 1.165) is 12.1 Å². The van der Waals surface area contributed by atoms with Gasteiger partial charge in [0.1, 0.15) is 11.6 Å². The highest BCUT2D eigenvalue weighted by Gasteiger charge is 2.15. The number of thiocarbonyl (C=S) groups is 2. The Hall–Kier alpha value is -3.49. The first kappa shape index (κ1) is 23.2. The molecule has 0 atom stereocenters. The van der Waals surface area contributed by atoms with Crippen molar-refractivity contribution in [1.29, 1.82) is 0 Å². The van der Waals surface area contributed by atoms with Crippen molar-refractivity contribution in [3.05, 3.63) is 72.6 Å². The number of rotatable bonds is 5. The van der Waals surface area contributed by atoms with E-state index in [-0.39, 0.29) is 26.8 Å². The number of anilines is 3. The molecule has 2 aromatic carbocycles. The number of hydrogen-bond acceptors (Lipinski definition) is 6. The number of aromatic nitrogens is 2. The smallest absolute Gasteiger partial charge is 0.264 e. The normalized spacial score (nSPS) is 10.7. The molecule has 0 spiro atoms. The third kappa shape index (κ3) is 6.50. The van der Waals surface area contributed by atoms with Crippen LogP contribution < -0.4 is 26.2 Å². The molecule has 32 heavy (non-hydrogen) atoms. The number of hydrazine groups is 1. The zero-order valence-electron chi connectivity index (χ0n) is 16.0. The van der Waals surface area contributed by atoms with Gasteiger partial charge in [0.05, 0.1) is 10.6 Å². The van der Waals surface area contributed by atoms with Gasteiger partial charge in [-0.15, -0.1) is 0 Å². The van der Waals surface area contributed by atoms with Crippen molar-refractivity contribution in [2.45, 2.75) is 4.90 Å². The van der Waals surface area contributed by atoms with Gasteiger partial charge in [0, 0.05) is 24.1 Å². The van der Waals surface area contributed by atoms with E-state index in [1.807, 2.05) is 0 Å². The van der Waals surface area contributed by atoms with Gasteiger partial charge in [0.25, 0.3) is 10.0 Å². The Kier molecular flexibility index (Phi) is 7.40. The third-order valence-electron chi connectivity index (χ3n) is 3.68. The van der Waals surface area contributed by atoms with Crippen molar-refractivity contribution >= 4 is 62.0 Å². The van der Waals surface area contributed by atoms with Crippen molar-refractivity contribution in [1.82, 2.24) is 20.8 Å². The number of nitrogens with zero attached hydrogens (tertiary/aromatic N) is 2. The summed E-state index contributed by atoms with van der Waals surface area (Å²) >= 11 is 10.1. The average molecular weight is 496 g/mol. The highest BCUT2D eigenvalue weighted by molar-refractivity contribution is 7.92. The lowest BCUT2D eigenvalue weighted by atomic mass is 10.3. The molecule has 0 aliphatic carbocycles. The van der Waals surface area contributed by atoms with E-state index in [1.165, 1.54) is 42.7 Å². The summed E-state index contributed by atoms with van der Waals surface area (Å²) in [6.45, 7) is 0. The average Bonchev–Trinajstić information content (AvgIpc) is 2.75. The molecule has 1 aromatic heterocycles. The van der Waals surface area contributed by atoms with Gasteiger partial charge in [-0.2, -0.15) is 0 Å². The van der Waals surface area contributed by atoms with Gasteiger partial charge in [-0.05, 0) is 66.9 Å². The summed E-state index contributed by atoms with van der Waals surface area (Å²) in [5, 5.41) is 5.44. The Morgan fingerprint density at radius 2 is 1.50 bits per heavy atom. The second-order valence-electron chi connectivity index (χ2n) is 5.98. The number of hydrogen-bond donors (Lipinski definition) is 5. The zero-order valence-corrected chi connectivity index (χ0v) is 18.4. The summed E-state index contributed by atoms with van der Waals surface area (Å²) < 4.78 is 53.6. The van der Waals surface area contributed by atoms with Crippen LogP contribution in [-0.2, 0) is 10.0 Å². The molecule has 1 heterocycles. The molecule has 3 aromatic rings. The van der Waals surface area contributed by atoms with Crippen LogP contribution in [0.4, 0.5) is 26.1 Å². The van der Waals surface area contributed by atoms with E-state index in [0.29, 0.717) is 5.69 Å². The van der Waals surface area contributed by atoms with E-state index in [4.69, 9.17) is 24.4 Å². The molecule has 0 radical (unpaired) electrons. The Morgan fingerprint density at radius 1 is 0.875 bits per heavy atom. The molecule has 3 rings (SSSR count). The topological polar surface area (TPSA) is 120 Å². The van der Waals surface area contributed by atoms with Gasteiger partial charge in [-0.1, -0.05) is 0 Å². The monoisotopic (exact) mass is 495 g/mol. The van der Waals surface area contributed by atoms with Crippen molar-refractivity contribution in [2.24, 2.45) is 0 Å². The van der Waals surface area contributed by atoms with Crippen molar-refractivity contribution < 1.29 is 17.2 Å². The minimum Gasteiger partial charge on any atom is -0.331 e. The van der Waals surface area contributed by atoms with Gasteiger partial charge in [0.2, 0.25) is 5.95 Å². The maximum Gasteiger partial charge on any atom is 0.264 e. The molecule has 9 nitrogen and oxygen atoms in total. The van der Waals surface area contributed by atoms with E-state index >= 15 is 0 Å². The maximum atomic E-state index is 13.6. The second kappa shape index (κ2) is 10.2. The standard InChI is InChI=1S/C18H15F2N7O2S3/c19-11-2-7-15(14(20)10-11)24-18(31)26-25-17(30)23-12-3-5-13(6-4-12)32(28,29)27-16-21-8-1-9-22-16/h1-10H,(H,21,22,27)(H2,23,25,30)(H2,24,26,31). The molecule has 166 valence electrons. The quantitative estimate of drug-likeness (QED) is 0.267. The molecule has 0 saturated carbocycles. The van der Waals surface area contributed by atoms with Crippen LogP contribution in [0.1, 0.15) is 0 Å². The van der Waals surface area contributed by atoms with Crippen LogP contribution >= 0.6 is 24.4 Å². The van der Waals surface area contributed by atoms with Crippen LogP contribution in [0.15, 0.2) is 65.8 Å². The highest BCUT2D eigenvalue weighted by Crippen LogP contribution is 2.16. The fourth-order valence-corrected chi connectivity index (χ4v) is 3.56. The lowest BCUT2D eigenvalue weighted by Crippen LogP contribution is -2.45. The number of nitrogens with one attached hydrogen (secondary N) is 5. The van der Waals surface area contributed by atoms with Gasteiger partial charge in [-0.3, -0.25) is 10.9 Å². The highest BCUT2D eigenvalue weighted by atomic mass is 32.2. The van der Waals surface area contributed by atoms with Gasteiger partial charge in [-0.25, -0.2) is 31.9 Å². The summed E-state index contributed by atoms with van der Waals surface area (Å²) in [4.78, 5) is 7.63. The number of benzene rings is 2. The summed E-state index contributed by atoms with van der Waals surface area (Å²) in [6.07, 6.45) is 2.83. The predicted molar refractivity (Wildman–Crippen MR) is 124 cm³/mol. The minimum absolute atomic E-state index is 0.000733. The van der Waals surface area contributed by atoms with Gasteiger partial charge >= 0.3 is 0 Å². The molecule has 0 unspecified atom stereocenters.